The van der Waals surface area contributed by atoms with Gasteiger partial charge in [-0.25, -0.2) is 4.79 Å². The Balaban J connectivity index is 2.51. The minimum atomic E-state index is -0.484. The van der Waals surface area contributed by atoms with Crippen LogP contribution >= 0.6 is 22.6 Å². The van der Waals surface area contributed by atoms with E-state index in [1.807, 2.05) is 37.9 Å². The summed E-state index contributed by atoms with van der Waals surface area (Å²) >= 11 is 2.17. The summed E-state index contributed by atoms with van der Waals surface area (Å²) in [5.41, 5.74) is -0.484. The quantitative estimate of drug-likeness (QED) is 0.381. The van der Waals surface area contributed by atoms with Crippen LogP contribution in [0.3, 0.4) is 0 Å². The largest absolute Gasteiger partial charge is 0.462 e. The van der Waals surface area contributed by atoms with Gasteiger partial charge >= 0.3 is 11.9 Å². The van der Waals surface area contributed by atoms with Crippen molar-refractivity contribution in [2.75, 3.05) is 0 Å². The van der Waals surface area contributed by atoms with Crippen molar-refractivity contribution in [1.29, 1.82) is 0 Å². The Kier molecular flexibility index (Phi) is 7.59. The van der Waals surface area contributed by atoms with Gasteiger partial charge < -0.3 is 9.47 Å². The van der Waals surface area contributed by atoms with Gasteiger partial charge in [-0.2, -0.15) is 0 Å². The van der Waals surface area contributed by atoms with Crippen LogP contribution in [0.25, 0.3) is 0 Å². The molecule has 1 aliphatic heterocycles. The molecule has 0 saturated carbocycles. The van der Waals surface area contributed by atoms with Crippen LogP contribution in [-0.2, 0) is 19.1 Å². The highest BCUT2D eigenvalue weighted by Gasteiger charge is 2.30. The first-order chi connectivity index (χ1) is 10.2. The van der Waals surface area contributed by atoms with E-state index in [0.29, 0.717) is 12.8 Å². The number of carbonyl (C=O) groups is 2. The van der Waals surface area contributed by atoms with E-state index in [-0.39, 0.29) is 29.9 Å². The topological polar surface area (TPSA) is 52.6 Å². The molecule has 1 fully saturated rings. The highest BCUT2D eigenvalue weighted by molar-refractivity contribution is 14.1. The van der Waals surface area contributed by atoms with Crippen molar-refractivity contribution in [1.82, 2.24) is 0 Å². The zero-order valence-corrected chi connectivity index (χ0v) is 15.8. The van der Waals surface area contributed by atoms with Gasteiger partial charge in [0.1, 0.15) is 11.7 Å². The number of carbonyl (C=O) groups excluding carboxylic acids is 2. The molecule has 0 spiro atoms. The van der Waals surface area contributed by atoms with Crippen molar-refractivity contribution < 1.29 is 19.1 Å². The second-order valence-electron chi connectivity index (χ2n) is 6.68. The van der Waals surface area contributed by atoms with Gasteiger partial charge in [0.25, 0.3) is 0 Å². The average molecular weight is 420 g/mol. The lowest BCUT2D eigenvalue weighted by atomic mass is 9.87. The van der Waals surface area contributed by atoms with Crippen LogP contribution in [0.4, 0.5) is 0 Å². The first kappa shape index (κ1) is 19.2. The number of esters is 2. The van der Waals surface area contributed by atoms with Crippen LogP contribution in [0.2, 0.25) is 0 Å². The van der Waals surface area contributed by atoms with Crippen LogP contribution in [0.15, 0.2) is 22.3 Å². The van der Waals surface area contributed by atoms with Crippen molar-refractivity contribution in [2.24, 2.45) is 11.8 Å². The Bertz CT molecular complexity index is 448. The summed E-state index contributed by atoms with van der Waals surface area (Å²) in [5, 5.41) is 0. The Hall–Kier alpha value is -0.850. The van der Waals surface area contributed by atoms with Crippen molar-refractivity contribution in [2.45, 2.75) is 58.7 Å². The molecular formula is C17H25IO4. The summed E-state index contributed by atoms with van der Waals surface area (Å²) in [5.74, 6) is -0.0715. The molecule has 0 bridgehead atoms. The molecule has 0 unspecified atom stereocenters. The fourth-order valence-electron chi connectivity index (χ4n) is 2.35. The minimum Gasteiger partial charge on any atom is -0.462 e. The fraction of sp³-hybridized carbons (Fsp3) is 0.647. The fourth-order valence-corrected chi connectivity index (χ4v) is 3.00. The number of halogens is 1. The molecule has 1 rings (SSSR count). The van der Waals surface area contributed by atoms with Crippen LogP contribution < -0.4 is 0 Å². The Morgan fingerprint density at radius 2 is 2.18 bits per heavy atom. The van der Waals surface area contributed by atoms with Gasteiger partial charge in [0, 0.05) is 18.4 Å². The minimum absolute atomic E-state index is 0.0767. The third kappa shape index (κ3) is 7.42. The van der Waals surface area contributed by atoms with Gasteiger partial charge in [-0.05, 0) is 43.6 Å². The predicted octanol–water partition coefficient (Wildman–Crippen LogP) is 4.18. The van der Waals surface area contributed by atoms with Gasteiger partial charge in [-0.1, -0.05) is 41.7 Å². The Morgan fingerprint density at radius 1 is 1.50 bits per heavy atom. The molecule has 3 atom stereocenters. The SMILES string of the molecule is C[C@H](/C=C/I)[C@H]1C[C@H](C/C=C/C(=O)OC(C)(C)C)CC(=O)O1. The number of ether oxygens (including phenoxy) is 2. The monoisotopic (exact) mass is 420 g/mol. The summed E-state index contributed by atoms with van der Waals surface area (Å²) in [6.45, 7) is 7.56. The van der Waals surface area contributed by atoms with Crippen LogP contribution in [0.5, 0.6) is 0 Å². The van der Waals surface area contributed by atoms with Crippen molar-refractivity contribution in [3.63, 3.8) is 0 Å². The highest BCUT2D eigenvalue weighted by atomic mass is 127. The normalized spacial score (nSPS) is 24.5. The van der Waals surface area contributed by atoms with Crippen LogP contribution in [0, 0.1) is 11.8 Å². The van der Waals surface area contributed by atoms with Crippen LogP contribution in [0.1, 0.15) is 47.0 Å². The van der Waals surface area contributed by atoms with E-state index in [2.05, 4.69) is 22.6 Å². The summed E-state index contributed by atoms with van der Waals surface area (Å²) in [6.07, 6.45) is 7.14. The van der Waals surface area contributed by atoms with Gasteiger partial charge in [0.05, 0.1) is 0 Å². The zero-order valence-electron chi connectivity index (χ0n) is 13.7. The van der Waals surface area contributed by atoms with E-state index in [1.54, 1.807) is 6.08 Å². The smallest absolute Gasteiger partial charge is 0.330 e. The van der Waals surface area contributed by atoms with Gasteiger partial charge in [0.15, 0.2) is 0 Å². The predicted molar refractivity (Wildman–Crippen MR) is 94.5 cm³/mol. The molecule has 22 heavy (non-hydrogen) atoms. The van der Waals surface area contributed by atoms with Crippen molar-refractivity contribution in [3.05, 3.63) is 22.3 Å². The molecule has 1 heterocycles. The molecule has 0 N–H and O–H groups in total. The molecule has 1 aliphatic rings. The summed E-state index contributed by atoms with van der Waals surface area (Å²) in [6, 6.07) is 0. The molecule has 0 amide bonds. The molecule has 0 radical (unpaired) electrons. The summed E-state index contributed by atoms with van der Waals surface area (Å²) in [7, 11) is 0. The average Bonchev–Trinajstić information content (AvgIpc) is 2.36. The van der Waals surface area contributed by atoms with Gasteiger partial charge in [-0.3, -0.25) is 4.79 Å². The molecule has 0 aromatic heterocycles. The maximum atomic E-state index is 11.7. The standard InChI is InChI=1S/C17H25IO4/c1-12(8-9-18)14-10-13(11-16(20)21-14)6-5-7-15(19)22-17(2,3)4/h5,7-9,12-14H,6,10-11H2,1-4H3/b7-5+,9-8+/t12-,13+,14-/m1/s1. The molecule has 124 valence electrons. The van der Waals surface area contributed by atoms with Gasteiger partial charge in [-0.15, -0.1) is 0 Å². The summed E-state index contributed by atoms with van der Waals surface area (Å²) < 4.78 is 12.6. The third-order valence-electron chi connectivity index (χ3n) is 3.40. The lowest BCUT2D eigenvalue weighted by Gasteiger charge is -2.31. The second kappa shape index (κ2) is 8.70. The third-order valence-corrected chi connectivity index (χ3v) is 3.81. The first-order valence-electron chi connectivity index (χ1n) is 7.57. The lowest BCUT2D eigenvalue weighted by molar-refractivity contribution is -0.158. The van der Waals surface area contributed by atoms with E-state index in [0.717, 1.165) is 6.42 Å². The molecule has 1 saturated heterocycles. The summed E-state index contributed by atoms with van der Waals surface area (Å²) in [4.78, 5) is 23.3. The number of allylic oxidation sites excluding steroid dienone is 1. The number of rotatable bonds is 5. The maximum absolute atomic E-state index is 11.7. The molecule has 0 aromatic rings. The Labute approximate surface area is 146 Å². The number of hydrogen-bond donors (Lipinski definition) is 0. The molecule has 0 aromatic carbocycles. The number of hydrogen-bond acceptors (Lipinski definition) is 4. The van der Waals surface area contributed by atoms with Crippen molar-refractivity contribution in [3.8, 4) is 0 Å². The van der Waals surface area contributed by atoms with E-state index in [4.69, 9.17) is 9.47 Å². The Morgan fingerprint density at radius 3 is 2.77 bits per heavy atom. The van der Waals surface area contributed by atoms with E-state index < -0.39 is 5.60 Å². The second-order valence-corrected chi connectivity index (χ2v) is 7.40. The highest BCUT2D eigenvalue weighted by Crippen LogP contribution is 2.29. The van der Waals surface area contributed by atoms with E-state index in [9.17, 15) is 9.59 Å². The molecule has 5 heteroatoms. The van der Waals surface area contributed by atoms with Gasteiger partial charge in [0.2, 0.25) is 0 Å². The van der Waals surface area contributed by atoms with Crippen LogP contribution in [-0.4, -0.2) is 23.6 Å². The zero-order chi connectivity index (χ0) is 16.8. The maximum Gasteiger partial charge on any atom is 0.330 e. The van der Waals surface area contributed by atoms with E-state index in [1.165, 1.54) is 6.08 Å². The first-order valence-corrected chi connectivity index (χ1v) is 8.81. The lowest BCUT2D eigenvalue weighted by Crippen LogP contribution is -2.33. The van der Waals surface area contributed by atoms with Crippen molar-refractivity contribution >= 4 is 34.5 Å². The van der Waals surface area contributed by atoms with E-state index >= 15 is 0 Å². The molecular weight excluding hydrogens is 395 g/mol. The number of cyclic esters (lactones) is 1. The molecule has 4 nitrogen and oxygen atoms in total. The molecule has 0 aliphatic carbocycles.